The van der Waals surface area contributed by atoms with Crippen molar-refractivity contribution in [1.82, 2.24) is 9.80 Å². The van der Waals surface area contributed by atoms with E-state index in [1.54, 1.807) is 0 Å². The lowest BCUT2D eigenvalue weighted by Crippen LogP contribution is -2.56. The summed E-state index contributed by atoms with van der Waals surface area (Å²) in [6, 6.07) is 0.684. The van der Waals surface area contributed by atoms with E-state index in [-0.39, 0.29) is 11.5 Å². The molecule has 1 aliphatic heterocycles. The molecule has 1 spiro atoms. The third-order valence-corrected chi connectivity index (χ3v) is 6.08. The van der Waals surface area contributed by atoms with Crippen LogP contribution in [0.15, 0.2) is 0 Å². The van der Waals surface area contributed by atoms with Gasteiger partial charge in [-0.3, -0.25) is 0 Å². The number of carbonyl (C=O) groups excluding carboxylic acids is 1. The number of rotatable bonds is 1. The SMILES string of the molecule is COC(=O)N1CCC2(CCCC(N(C)C)C2)C(C(C)(C)C)C1. The van der Waals surface area contributed by atoms with Crippen molar-refractivity contribution in [1.29, 1.82) is 0 Å². The highest BCUT2D eigenvalue weighted by Crippen LogP contribution is 2.54. The fraction of sp³-hybridized carbons (Fsp3) is 0.944. The van der Waals surface area contributed by atoms with Crippen molar-refractivity contribution in [2.24, 2.45) is 16.7 Å². The molecule has 2 fully saturated rings. The maximum Gasteiger partial charge on any atom is 0.409 e. The number of hydrogen-bond acceptors (Lipinski definition) is 3. The van der Waals surface area contributed by atoms with Gasteiger partial charge in [0, 0.05) is 19.1 Å². The number of carbonyl (C=O) groups is 1. The van der Waals surface area contributed by atoms with Crippen molar-refractivity contribution in [3.05, 3.63) is 0 Å². The number of ether oxygens (including phenoxy) is 1. The van der Waals surface area contributed by atoms with Gasteiger partial charge in [0.1, 0.15) is 0 Å². The fourth-order valence-corrected chi connectivity index (χ4v) is 4.87. The average molecular weight is 310 g/mol. The Labute approximate surface area is 136 Å². The summed E-state index contributed by atoms with van der Waals surface area (Å²) in [5.74, 6) is 0.538. The Hall–Kier alpha value is -0.770. The van der Waals surface area contributed by atoms with E-state index in [1.807, 2.05) is 4.90 Å². The lowest BCUT2D eigenvalue weighted by molar-refractivity contribution is -0.0624. The molecule has 128 valence electrons. The van der Waals surface area contributed by atoms with Crippen molar-refractivity contribution in [2.75, 3.05) is 34.3 Å². The highest BCUT2D eigenvalue weighted by atomic mass is 16.5. The smallest absolute Gasteiger partial charge is 0.409 e. The molecule has 4 nitrogen and oxygen atoms in total. The van der Waals surface area contributed by atoms with E-state index in [0.29, 0.717) is 17.4 Å². The second-order valence-corrected chi connectivity index (χ2v) is 8.66. The van der Waals surface area contributed by atoms with Crippen molar-refractivity contribution >= 4 is 6.09 Å². The number of nitrogens with zero attached hydrogens (tertiary/aromatic N) is 2. The first-order valence-corrected chi connectivity index (χ1v) is 8.69. The summed E-state index contributed by atoms with van der Waals surface area (Å²) in [7, 11) is 5.90. The summed E-state index contributed by atoms with van der Waals surface area (Å²) in [5.41, 5.74) is 0.594. The molecule has 1 amide bonds. The summed E-state index contributed by atoms with van der Waals surface area (Å²) in [5, 5.41) is 0. The van der Waals surface area contributed by atoms with Crippen LogP contribution in [0.1, 0.15) is 52.9 Å². The molecule has 4 heteroatoms. The van der Waals surface area contributed by atoms with Gasteiger partial charge >= 0.3 is 6.09 Å². The zero-order chi connectivity index (χ0) is 16.5. The van der Waals surface area contributed by atoms with E-state index in [1.165, 1.54) is 32.8 Å². The van der Waals surface area contributed by atoms with Crippen LogP contribution >= 0.6 is 0 Å². The van der Waals surface area contributed by atoms with Crippen LogP contribution in [0.3, 0.4) is 0 Å². The number of amides is 1. The van der Waals surface area contributed by atoms with Crippen molar-refractivity contribution in [3.8, 4) is 0 Å². The van der Waals surface area contributed by atoms with Crippen molar-refractivity contribution in [2.45, 2.75) is 58.9 Å². The van der Waals surface area contributed by atoms with Crippen LogP contribution in [0.5, 0.6) is 0 Å². The van der Waals surface area contributed by atoms with Gasteiger partial charge in [-0.25, -0.2) is 4.79 Å². The van der Waals surface area contributed by atoms with Gasteiger partial charge in [0.05, 0.1) is 7.11 Å². The highest BCUT2D eigenvalue weighted by molar-refractivity contribution is 5.67. The quantitative estimate of drug-likeness (QED) is 0.741. The predicted molar refractivity (Wildman–Crippen MR) is 89.9 cm³/mol. The van der Waals surface area contributed by atoms with E-state index in [2.05, 4.69) is 39.8 Å². The van der Waals surface area contributed by atoms with Crippen LogP contribution in [0, 0.1) is 16.7 Å². The largest absolute Gasteiger partial charge is 0.453 e. The summed E-state index contributed by atoms with van der Waals surface area (Å²) in [4.78, 5) is 16.3. The Bertz CT molecular complexity index is 402. The van der Waals surface area contributed by atoms with E-state index in [0.717, 1.165) is 19.5 Å². The molecule has 0 bridgehead atoms. The first kappa shape index (κ1) is 17.6. The van der Waals surface area contributed by atoms with Gasteiger partial charge in [-0.05, 0) is 56.5 Å². The minimum atomic E-state index is -0.163. The van der Waals surface area contributed by atoms with Crippen molar-refractivity contribution in [3.63, 3.8) is 0 Å². The van der Waals surface area contributed by atoms with E-state index in [4.69, 9.17) is 4.74 Å². The maximum atomic E-state index is 12.0. The summed E-state index contributed by atoms with van der Waals surface area (Å²) in [6.45, 7) is 8.69. The minimum absolute atomic E-state index is 0.163. The van der Waals surface area contributed by atoms with Gasteiger partial charge in [0.25, 0.3) is 0 Å². The Morgan fingerprint density at radius 1 is 1.27 bits per heavy atom. The van der Waals surface area contributed by atoms with Gasteiger partial charge in [-0.2, -0.15) is 0 Å². The molecular formula is C18H34N2O2. The van der Waals surface area contributed by atoms with Crippen LogP contribution in [0.4, 0.5) is 4.79 Å². The van der Waals surface area contributed by atoms with Crippen LogP contribution < -0.4 is 0 Å². The Morgan fingerprint density at radius 2 is 1.95 bits per heavy atom. The van der Waals surface area contributed by atoms with Crippen LogP contribution in [-0.2, 0) is 4.74 Å². The molecule has 1 saturated heterocycles. The van der Waals surface area contributed by atoms with Gasteiger partial charge in [0.15, 0.2) is 0 Å². The first-order valence-electron chi connectivity index (χ1n) is 8.69. The van der Waals surface area contributed by atoms with Gasteiger partial charge in [-0.1, -0.05) is 27.2 Å². The first-order chi connectivity index (χ1) is 10.2. The molecule has 1 aliphatic carbocycles. The second kappa shape index (κ2) is 6.38. The monoisotopic (exact) mass is 310 g/mol. The molecule has 3 atom stereocenters. The van der Waals surface area contributed by atoms with Crippen LogP contribution in [-0.4, -0.2) is 56.2 Å². The molecule has 0 aromatic carbocycles. The zero-order valence-electron chi connectivity index (χ0n) is 15.3. The molecular weight excluding hydrogens is 276 g/mol. The lowest BCUT2D eigenvalue weighted by atomic mass is 9.54. The van der Waals surface area contributed by atoms with Gasteiger partial charge < -0.3 is 14.5 Å². The molecule has 1 saturated carbocycles. The highest BCUT2D eigenvalue weighted by Gasteiger charge is 2.50. The Balaban J connectivity index is 2.24. The van der Waals surface area contributed by atoms with E-state index in [9.17, 15) is 4.79 Å². The molecule has 0 radical (unpaired) electrons. The maximum absolute atomic E-state index is 12.0. The third kappa shape index (κ3) is 3.42. The van der Waals surface area contributed by atoms with Crippen LogP contribution in [0.25, 0.3) is 0 Å². The Kier molecular flexibility index (Phi) is 5.10. The summed E-state index contributed by atoms with van der Waals surface area (Å²) >= 11 is 0. The number of methoxy groups -OCH3 is 1. The predicted octanol–water partition coefficient (Wildman–Crippen LogP) is 3.61. The molecule has 22 heavy (non-hydrogen) atoms. The molecule has 0 aromatic rings. The average Bonchev–Trinajstić information content (AvgIpc) is 2.45. The number of hydrogen-bond donors (Lipinski definition) is 0. The number of likely N-dealkylation sites (tertiary alicyclic amines) is 1. The molecule has 0 aromatic heterocycles. The fourth-order valence-electron chi connectivity index (χ4n) is 4.87. The zero-order valence-corrected chi connectivity index (χ0v) is 15.3. The van der Waals surface area contributed by atoms with E-state index >= 15 is 0 Å². The topological polar surface area (TPSA) is 32.8 Å². The normalized spacial score (nSPS) is 33.3. The van der Waals surface area contributed by atoms with Crippen molar-refractivity contribution < 1.29 is 9.53 Å². The Morgan fingerprint density at radius 3 is 2.50 bits per heavy atom. The number of piperidine rings is 1. The standard InChI is InChI=1S/C18H34N2O2/c1-17(2,3)15-13-20(16(21)22-6)11-10-18(15)9-7-8-14(12-18)19(4)5/h14-15H,7-13H2,1-6H3. The van der Waals surface area contributed by atoms with E-state index < -0.39 is 0 Å². The summed E-state index contributed by atoms with van der Waals surface area (Å²) in [6.07, 6.45) is 6.17. The molecule has 2 rings (SSSR count). The molecule has 1 heterocycles. The lowest BCUT2D eigenvalue weighted by Gasteiger charge is -2.56. The second-order valence-electron chi connectivity index (χ2n) is 8.66. The molecule has 2 aliphatic rings. The third-order valence-electron chi connectivity index (χ3n) is 6.08. The van der Waals surface area contributed by atoms with Gasteiger partial charge in [0.2, 0.25) is 0 Å². The minimum Gasteiger partial charge on any atom is -0.453 e. The van der Waals surface area contributed by atoms with Crippen LogP contribution in [0.2, 0.25) is 0 Å². The molecule has 3 unspecified atom stereocenters. The molecule has 0 N–H and O–H groups in total. The van der Waals surface area contributed by atoms with Gasteiger partial charge in [-0.15, -0.1) is 0 Å². The summed E-state index contributed by atoms with van der Waals surface area (Å²) < 4.78 is 4.96.